The van der Waals surface area contributed by atoms with Crippen molar-refractivity contribution in [2.24, 2.45) is 0 Å². The van der Waals surface area contributed by atoms with E-state index in [-0.39, 0.29) is 12.5 Å². The van der Waals surface area contributed by atoms with Crippen LogP contribution in [-0.2, 0) is 32.0 Å². The average Bonchev–Trinajstić information content (AvgIpc) is 2.81. The lowest BCUT2D eigenvalue weighted by Crippen LogP contribution is -2.40. The lowest BCUT2D eigenvalue weighted by molar-refractivity contribution is -0.136. The van der Waals surface area contributed by atoms with Gasteiger partial charge in [-0.15, -0.1) is 0 Å². The highest BCUT2D eigenvalue weighted by atomic mass is 16.5. The number of hydrogen-bond donors (Lipinski definition) is 2. The summed E-state index contributed by atoms with van der Waals surface area (Å²) < 4.78 is 10.7. The zero-order chi connectivity index (χ0) is 22.7. The highest BCUT2D eigenvalue weighted by Gasteiger charge is 2.30. The molecule has 0 aromatic heterocycles. The second kappa shape index (κ2) is 9.40. The van der Waals surface area contributed by atoms with E-state index in [1.54, 1.807) is 14.2 Å². The monoisotopic (exact) mass is 437 g/mol. The number of carbonyl (C=O) groups excluding carboxylic acids is 3. The van der Waals surface area contributed by atoms with Crippen LogP contribution in [0, 0.1) is 0 Å². The molecule has 0 saturated carbocycles. The normalized spacial score (nSPS) is 15.6. The van der Waals surface area contributed by atoms with Gasteiger partial charge in [0.2, 0.25) is 5.91 Å². The van der Waals surface area contributed by atoms with E-state index in [1.807, 2.05) is 41.3 Å². The summed E-state index contributed by atoms with van der Waals surface area (Å²) in [5.74, 6) is -0.640. The van der Waals surface area contributed by atoms with Crippen LogP contribution in [0.5, 0.6) is 5.75 Å². The predicted molar refractivity (Wildman–Crippen MR) is 120 cm³/mol. The number of aryl methyl sites for hydroxylation is 2. The minimum absolute atomic E-state index is 0.141. The third-order valence-electron chi connectivity index (χ3n) is 5.94. The zero-order valence-corrected chi connectivity index (χ0v) is 18.3. The van der Waals surface area contributed by atoms with E-state index < -0.39 is 17.9 Å². The largest absolute Gasteiger partial charge is 0.497 e. The van der Waals surface area contributed by atoms with Crippen LogP contribution in [0.2, 0.25) is 0 Å². The van der Waals surface area contributed by atoms with E-state index in [9.17, 15) is 14.4 Å². The van der Waals surface area contributed by atoms with Gasteiger partial charge in [-0.05, 0) is 60.2 Å². The topological polar surface area (TPSA) is 97.0 Å². The Bertz CT molecular complexity index is 1030. The summed E-state index contributed by atoms with van der Waals surface area (Å²) in [6.45, 7) is 0.878. The molecule has 2 aromatic rings. The SMILES string of the molecule is COc1cccc(C(CNC(=O)C(=O)Nc2cc3c4c(c2)CCC(=O)N4CCC3)OC)c1. The molecule has 1 unspecified atom stereocenters. The molecule has 2 aromatic carbocycles. The smallest absolute Gasteiger partial charge is 0.313 e. The number of nitrogens with one attached hydrogen (secondary N) is 2. The zero-order valence-electron chi connectivity index (χ0n) is 18.3. The molecule has 32 heavy (non-hydrogen) atoms. The van der Waals surface area contributed by atoms with Crippen molar-refractivity contribution in [3.63, 3.8) is 0 Å². The second-order valence-corrected chi connectivity index (χ2v) is 7.96. The van der Waals surface area contributed by atoms with Crippen molar-refractivity contribution < 1.29 is 23.9 Å². The van der Waals surface area contributed by atoms with Gasteiger partial charge in [0.1, 0.15) is 5.75 Å². The molecule has 2 aliphatic rings. The van der Waals surface area contributed by atoms with Crippen molar-refractivity contribution in [2.75, 3.05) is 37.5 Å². The summed E-state index contributed by atoms with van der Waals surface area (Å²) in [5.41, 5.74) is 4.47. The van der Waals surface area contributed by atoms with Gasteiger partial charge in [-0.2, -0.15) is 0 Å². The molecule has 0 fully saturated rings. The number of benzene rings is 2. The lowest BCUT2D eigenvalue weighted by Gasteiger charge is -2.35. The molecule has 1 atom stereocenters. The first-order valence-corrected chi connectivity index (χ1v) is 10.7. The van der Waals surface area contributed by atoms with Crippen LogP contribution in [0.25, 0.3) is 0 Å². The standard InChI is InChI=1S/C24H27N3O5/c1-31-19-7-3-5-15(13-19)20(32-2)14-25-23(29)24(30)26-18-11-16-6-4-10-27-21(28)9-8-17(12-18)22(16)27/h3,5,7,11-13,20H,4,6,8-10,14H2,1-2H3,(H,25,29)(H,26,30). The molecular weight excluding hydrogens is 410 g/mol. The minimum Gasteiger partial charge on any atom is -0.497 e. The number of ether oxygens (including phenoxy) is 2. The summed E-state index contributed by atoms with van der Waals surface area (Å²) in [7, 11) is 3.13. The van der Waals surface area contributed by atoms with Crippen LogP contribution in [0.4, 0.5) is 11.4 Å². The van der Waals surface area contributed by atoms with Crippen molar-refractivity contribution in [1.29, 1.82) is 0 Å². The van der Waals surface area contributed by atoms with Gasteiger partial charge < -0.3 is 25.0 Å². The highest BCUT2D eigenvalue weighted by Crippen LogP contribution is 2.37. The maximum atomic E-state index is 12.5. The number of nitrogens with zero attached hydrogens (tertiary/aromatic N) is 1. The maximum absolute atomic E-state index is 12.5. The molecule has 3 amide bonds. The Hall–Kier alpha value is -3.39. The van der Waals surface area contributed by atoms with Gasteiger partial charge >= 0.3 is 11.8 Å². The number of amides is 3. The summed E-state index contributed by atoms with van der Waals surface area (Å²) in [6.07, 6.45) is 2.42. The molecular formula is C24H27N3O5. The molecule has 0 spiro atoms. The van der Waals surface area contributed by atoms with Gasteiger partial charge in [-0.3, -0.25) is 14.4 Å². The van der Waals surface area contributed by atoms with Crippen molar-refractivity contribution in [3.05, 3.63) is 53.1 Å². The molecule has 8 heteroatoms. The fraction of sp³-hybridized carbons (Fsp3) is 0.375. The molecule has 0 aliphatic carbocycles. The first kappa shape index (κ1) is 21.8. The van der Waals surface area contributed by atoms with E-state index in [1.165, 1.54) is 0 Å². The fourth-order valence-electron chi connectivity index (χ4n) is 4.36. The van der Waals surface area contributed by atoms with E-state index >= 15 is 0 Å². The van der Waals surface area contributed by atoms with E-state index in [0.29, 0.717) is 24.3 Å². The summed E-state index contributed by atoms with van der Waals surface area (Å²) in [6, 6.07) is 11.1. The number of rotatable bonds is 6. The molecule has 0 radical (unpaired) electrons. The van der Waals surface area contributed by atoms with Crippen molar-refractivity contribution >= 4 is 29.1 Å². The Morgan fingerprint density at radius 2 is 1.84 bits per heavy atom. The Labute approximate surface area is 186 Å². The molecule has 168 valence electrons. The molecule has 2 heterocycles. The average molecular weight is 437 g/mol. The Morgan fingerprint density at radius 1 is 1.06 bits per heavy atom. The fourth-order valence-corrected chi connectivity index (χ4v) is 4.36. The molecule has 2 aliphatic heterocycles. The lowest BCUT2D eigenvalue weighted by atomic mass is 9.91. The van der Waals surface area contributed by atoms with Gasteiger partial charge in [-0.1, -0.05) is 12.1 Å². The van der Waals surface area contributed by atoms with Crippen LogP contribution in [0.1, 0.15) is 35.6 Å². The van der Waals surface area contributed by atoms with Gasteiger partial charge in [0.05, 0.1) is 18.9 Å². The third kappa shape index (κ3) is 4.45. The highest BCUT2D eigenvalue weighted by molar-refractivity contribution is 6.39. The third-order valence-corrected chi connectivity index (χ3v) is 5.94. The van der Waals surface area contributed by atoms with Crippen molar-refractivity contribution in [1.82, 2.24) is 5.32 Å². The first-order chi connectivity index (χ1) is 15.5. The number of hydrogen-bond acceptors (Lipinski definition) is 5. The van der Waals surface area contributed by atoms with Crippen LogP contribution >= 0.6 is 0 Å². The van der Waals surface area contributed by atoms with E-state index in [4.69, 9.17) is 9.47 Å². The number of carbonyl (C=O) groups is 3. The number of methoxy groups -OCH3 is 2. The Balaban J connectivity index is 1.41. The van der Waals surface area contributed by atoms with E-state index in [2.05, 4.69) is 10.6 Å². The summed E-state index contributed by atoms with van der Waals surface area (Å²) in [4.78, 5) is 39.0. The molecule has 4 rings (SSSR count). The van der Waals surface area contributed by atoms with Gasteiger partial charge in [0.25, 0.3) is 0 Å². The molecule has 2 N–H and O–H groups in total. The van der Waals surface area contributed by atoms with Crippen LogP contribution in [0.3, 0.4) is 0 Å². The van der Waals surface area contributed by atoms with Gasteiger partial charge in [-0.25, -0.2) is 0 Å². The predicted octanol–water partition coefficient (Wildman–Crippen LogP) is 2.36. The molecule has 0 bridgehead atoms. The van der Waals surface area contributed by atoms with Crippen molar-refractivity contribution in [3.8, 4) is 5.75 Å². The Kier molecular flexibility index (Phi) is 6.41. The van der Waals surface area contributed by atoms with Gasteiger partial charge in [0, 0.05) is 32.3 Å². The van der Waals surface area contributed by atoms with E-state index in [0.717, 1.165) is 41.8 Å². The molecule has 8 nitrogen and oxygen atoms in total. The summed E-state index contributed by atoms with van der Waals surface area (Å²) in [5, 5.41) is 5.34. The van der Waals surface area contributed by atoms with Gasteiger partial charge in [0.15, 0.2) is 0 Å². The quantitative estimate of drug-likeness (QED) is 0.677. The second-order valence-electron chi connectivity index (χ2n) is 7.96. The van der Waals surface area contributed by atoms with Crippen molar-refractivity contribution in [2.45, 2.75) is 31.8 Å². The molecule has 0 saturated heterocycles. The Morgan fingerprint density at radius 3 is 2.59 bits per heavy atom. The van der Waals surface area contributed by atoms with Crippen LogP contribution in [-0.4, -0.2) is 45.0 Å². The number of anilines is 2. The van der Waals surface area contributed by atoms with Crippen LogP contribution in [0.15, 0.2) is 36.4 Å². The summed E-state index contributed by atoms with van der Waals surface area (Å²) >= 11 is 0. The minimum atomic E-state index is -0.739. The first-order valence-electron chi connectivity index (χ1n) is 10.7. The van der Waals surface area contributed by atoms with Crippen LogP contribution < -0.4 is 20.3 Å². The maximum Gasteiger partial charge on any atom is 0.313 e.